The number of para-hydroxylation sites is 1. The molecule has 4 amide bonds. The summed E-state index contributed by atoms with van der Waals surface area (Å²) in [5.74, 6) is -0.424. The predicted octanol–water partition coefficient (Wildman–Crippen LogP) is 5.49. The first-order valence-electron chi connectivity index (χ1n) is 11.7. The van der Waals surface area contributed by atoms with Gasteiger partial charge in [-0.25, -0.2) is 4.79 Å². The Balaban J connectivity index is 1.61. The standard InChI is InChI=1S/C28H31N3O3/c1-17(2)20-13-9-14-21(18(3)4)25(20)29-24(32)16-31-26(33)28(5,30-27(31)34)23-15-8-11-19-10-6-7-12-22(19)23/h6-15,17-18H,16H2,1-5H3,(H,29,32)(H,30,34). The van der Waals surface area contributed by atoms with Crippen molar-refractivity contribution in [3.8, 4) is 0 Å². The third-order valence-corrected chi connectivity index (χ3v) is 6.54. The molecule has 0 spiro atoms. The fraction of sp³-hybridized carbons (Fsp3) is 0.321. The van der Waals surface area contributed by atoms with E-state index in [2.05, 4.69) is 38.3 Å². The van der Waals surface area contributed by atoms with E-state index in [0.29, 0.717) is 5.56 Å². The molecule has 1 heterocycles. The summed E-state index contributed by atoms with van der Waals surface area (Å²) in [6.07, 6.45) is 0. The van der Waals surface area contributed by atoms with Gasteiger partial charge in [0.25, 0.3) is 5.91 Å². The molecule has 1 aliphatic heterocycles. The van der Waals surface area contributed by atoms with E-state index in [9.17, 15) is 14.4 Å². The minimum Gasteiger partial charge on any atom is -0.324 e. The molecule has 6 heteroatoms. The topological polar surface area (TPSA) is 78.5 Å². The molecule has 4 rings (SSSR count). The van der Waals surface area contributed by atoms with Gasteiger partial charge in [-0.2, -0.15) is 0 Å². The Morgan fingerprint density at radius 3 is 2.15 bits per heavy atom. The van der Waals surface area contributed by atoms with E-state index in [1.165, 1.54) is 0 Å². The number of hydrogen-bond acceptors (Lipinski definition) is 3. The minimum atomic E-state index is -1.25. The van der Waals surface area contributed by atoms with Crippen LogP contribution in [0.4, 0.5) is 10.5 Å². The van der Waals surface area contributed by atoms with Crippen LogP contribution in [0.1, 0.15) is 63.1 Å². The average molecular weight is 458 g/mol. The molecule has 0 saturated carbocycles. The van der Waals surface area contributed by atoms with Crippen molar-refractivity contribution in [1.29, 1.82) is 0 Å². The first kappa shape index (κ1) is 23.5. The first-order chi connectivity index (χ1) is 16.1. The number of fused-ring (bicyclic) bond motifs is 1. The highest BCUT2D eigenvalue weighted by molar-refractivity contribution is 6.11. The van der Waals surface area contributed by atoms with Crippen molar-refractivity contribution < 1.29 is 14.4 Å². The molecular weight excluding hydrogens is 426 g/mol. The second-order valence-electron chi connectivity index (χ2n) is 9.64. The molecule has 2 N–H and O–H groups in total. The Kier molecular flexibility index (Phi) is 6.17. The zero-order valence-corrected chi connectivity index (χ0v) is 20.3. The van der Waals surface area contributed by atoms with Gasteiger partial charge in [0.05, 0.1) is 0 Å². The van der Waals surface area contributed by atoms with E-state index in [-0.39, 0.29) is 18.4 Å². The summed E-state index contributed by atoms with van der Waals surface area (Å²) in [6, 6.07) is 18.8. The van der Waals surface area contributed by atoms with E-state index < -0.39 is 23.4 Å². The van der Waals surface area contributed by atoms with Gasteiger partial charge in [-0.05, 0) is 46.2 Å². The summed E-state index contributed by atoms with van der Waals surface area (Å²) in [6.45, 7) is 9.63. The lowest BCUT2D eigenvalue weighted by Crippen LogP contribution is -2.42. The number of urea groups is 1. The second kappa shape index (κ2) is 8.93. The number of nitrogens with zero attached hydrogens (tertiary/aromatic N) is 1. The van der Waals surface area contributed by atoms with Crippen LogP contribution < -0.4 is 10.6 Å². The zero-order valence-electron chi connectivity index (χ0n) is 20.3. The SMILES string of the molecule is CC(C)c1cccc(C(C)C)c1NC(=O)CN1C(=O)NC(C)(c2cccc3ccccc23)C1=O. The van der Waals surface area contributed by atoms with Crippen molar-refractivity contribution in [3.63, 3.8) is 0 Å². The number of carbonyl (C=O) groups excluding carboxylic acids is 3. The normalized spacial score (nSPS) is 18.1. The van der Waals surface area contributed by atoms with Gasteiger partial charge in [-0.1, -0.05) is 88.4 Å². The number of hydrogen-bond donors (Lipinski definition) is 2. The molecule has 176 valence electrons. The molecule has 1 atom stereocenters. The van der Waals surface area contributed by atoms with Gasteiger partial charge in [-0.15, -0.1) is 0 Å². The van der Waals surface area contributed by atoms with Crippen LogP contribution in [0.3, 0.4) is 0 Å². The molecule has 34 heavy (non-hydrogen) atoms. The molecule has 0 aromatic heterocycles. The van der Waals surface area contributed by atoms with Gasteiger partial charge in [0.1, 0.15) is 12.1 Å². The number of benzene rings is 3. The summed E-state index contributed by atoms with van der Waals surface area (Å²) < 4.78 is 0. The third kappa shape index (κ3) is 4.04. The van der Waals surface area contributed by atoms with Crippen LogP contribution in [0.2, 0.25) is 0 Å². The summed E-state index contributed by atoms with van der Waals surface area (Å²) in [5, 5.41) is 7.68. The monoisotopic (exact) mass is 457 g/mol. The van der Waals surface area contributed by atoms with Gasteiger partial charge in [0, 0.05) is 5.69 Å². The molecule has 1 unspecified atom stereocenters. The van der Waals surface area contributed by atoms with Crippen molar-refractivity contribution in [3.05, 3.63) is 77.4 Å². The van der Waals surface area contributed by atoms with Gasteiger partial charge in [0.2, 0.25) is 5.91 Å². The molecule has 0 aliphatic carbocycles. The number of nitrogens with one attached hydrogen (secondary N) is 2. The smallest absolute Gasteiger partial charge is 0.324 e. The molecule has 3 aromatic carbocycles. The molecule has 3 aromatic rings. The predicted molar refractivity (Wildman–Crippen MR) is 135 cm³/mol. The molecule has 1 saturated heterocycles. The summed E-state index contributed by atoms with van der Waals surface area (Å²) in [5.41, 5.74) is 2.27. The second-order valence-corrected chi connectivity index (χ2v) is 9.64. The van der Waals surface area contributed by atoms with E-state index in [1.807, 2.05) is 60.7 Å². The fourth-order valence-corrected chi connectivity index (χ4v) is 4.70. The van der Waals surface area contributed by atoms with E-state index in [1.54, 1.807) is 6.92 Å². The maximum absolute atomic E-state index is 13.5. The van der Waals surface area contributed by atoms with Gasteiger partial charge in [-0.3, -0.25) is 14.5 Å². The highest BCUT2D eigenvalue weighted by Gasteiger charge is 2.50. The Labute approximate surface area is 200 Å². The van der Waals surface area contributed by atoms with Crippen LogP contribution in [0.5, 0.6) is 0 Å². The Morgan fingerprint density at radius 1 is 0.912 bits per heavy atom. The molecule has 0 radical (unpaired) electrons. The number of carbonyl (C=O) groups is 3. The number of amides is 4. The lowest BCUT2D eigenvalue weighted by atomic mass is 9.88. The zero-order chi connectivity index (χ0) is 24.6. The van der Waals surface area contributed by atoms with Crippen molar-refractivity contribution in [2.45, 2.75) is 52.0 Å². The number of anilines is 1. The summed E-state index contributed by atoms with van der Waals surface area (Å²) in [7, 11) is 0. The van der Waals surface area contributed by atoms with Crippen LogP contribution in [0.25, 0.3) is 10.8 Å². The highest BCUT2D eigenvalue weighted by Crippen LogP contribution is 2.35. The maximum atomic E-state index is 13.5. The average Bonchev–Trinajstić information content (AvgIpc) is 3.02. The lowest BCUT2D eigenvalue weighted by molar-refractivity contribution is -0.133. The minimum absolute atomic E-state index is 0.209. The largest absolute Gasteiger partial charge is 0.325 e. The van der Waals surface area contributed by atoms with E-state index in [4.69, 9.17) is 0 Å². The summed E-state index contributed by atoms with van der Waals surface area (Å²) in [4.78, 5) is 40.4. The third-order valence-electron chi connectivity index (χ3n) is 6.54. The molecule has 6 nitrogen and oxygen atoms in total. The van der Waals surface area contributed by atoms with Gasteiger partial charge >= 0.3 is 6.03 Å². The van der Waals surface area contributed by atoms with Crippen LogP contribution in [-0.4, -0.2) is 29.3 Å². The highest BCUT2D eigenvalue weighted by atomic mass is 16.2. The Bertz CT molecular complexity index is 1250. The molecule has 1 aliphatic rings. The van der Waals surface area contributed by atoms with Crippen LogP contribution >= 0.6 is 0 Å². The Hall–Kier alpha value is -3.67. The number of imide groups is 1. The van der Waals surface area contributed by atoms with Crippen molar-refractivity contribution >= 4 is 34.3 Å². The van der Waals surface area contributed by atoms with Crippen LogP contribution in [0.15, 0.2) is 60.7 Å². The summed E-state index contributed by atoms with van der Waals surface area (Å²) >= 11 is 0. The van der Waals surface area contributed by atoms with Crippen molar-refractivity contribution in [2.75, 3.05) is 11.9 Å². The fourth-order valence-electron chi connectivity index (χ4n) is 4.70. The Morgan fingerprint density at radius 2 is 1.50 bits per heavy atom. The van der Waals surface area contributed by atoms with Gasteiger partial charge < -0.3 is 10.6 Å². The molecular formula is C28H31N3O3. The van der Waals surface area contributed by atoms with Crippen LogP contribution in [-0.2, 0) is 15.1 Å². The lowest BCUT2D eigenvalue weighted by Gasteiger charge is -2.24. The first-order valence-corrected chi connectivity index (χ1v) is 11.7. The molecule has 1 fully saturated rings. The number of rotatable bonds is 6. The quantitative estimate of drug-likeness (QED) is 0.480. The van der Waals surface area contributed by atoms with Gasteiger partial charge in [0.15, 0.2) is 0 Å². The van der Waals surface area contributed by atoms with E-state index >= 15 is 0 Å². The van der Waals surface area contributed by atoms with Crippen molar-refractivity contribution in [1.82, 2.24) is 10.2 Å². The van der Waals surface area contributed by atoms with Crippen LogP contribution in [0, 0.1) is 0 Å². The van der Waals surface area contributed by atoms with Crippen molar-refractivity contribution in [2.24, 2.45) is 0 Å². The maximum Gasteiger partial charge on any atom is 0.325 e. The molecule has 0 bridgehead atoms. The van der Waals surface area contributed by atoms with E-state index in [0.717, 1.165) is 32.5 Å².